The monoisotopic (exact) mass is 1180 g/mol. The van der Waals surface area contributed by atoms with Crippen molar-refractivity contribution in [3.63, 3.8) is 0 Å². The Morgan fingerprint density at radius 2 is 0.915 bits per heavy atom. The first-order valence-corrected chi connectivity index (χ1v) is 27.3. The molecule has 0 unspecified atom stereocenters. The van der Waals surface area contributed by atoms with Gasteiger partial charge in [-0.2, -0.15) is 12.6 Å². The number of carboxylic acid groups (broad SMARTS) is 3. The highest BCUT2D eigenvalue weighted by atomic mass is 32.1. The second-order valence-corrected chi connectivity index (χ2v) is 21.2. The molecule has 13 atom stereocenters. The molecular weight excluding hydrogens is 1100 g/mol. The number of carboxylic acids is 3. The molecule has 0 aliphatic carbocycles. The highest BCUT2D eigenvalue weighted by Crippen LogP contribution is 2.15. The fraction of sp³-hybridized carbons (Fsp3) is 0.635. The third-order valence-corrected chi connectivity index (χ3v) is 13.5. The summed E-state index contributed by atoms with van der Waals surface area (Å²) < 4.78 is 0. The zero-order chi connectivity index (χ0) is 62.9. The van der Waals surface area contributed by atoms with E-state index in [4.69, 9.17) is 11.5 Å². The summed E-state index contributed by atoms with van der Waals surface area (Å²) in [7, 11) is 0. The van der Waals surface area contributed by atoms with Gasteiger partial charge in [-0.3, -0.25) is 57.5 Å². The summed E-state index contributed by atoms with van der Waals surface area (Å²) in [5.41, 5.74) is 11.8. The number of amides is 10. The molecule has 0 aromatic heterocycles. The van der Waals surface area contributed by atoms with Crippen LogP contribution in [0.1, 0.15) is 113 Å². The van der Waals surface area contributed by atoms with Crippen LogP contribution in [0.3, 0.4) is 0 Å². The van der Waals surface area contributed by atoms with Crippen molar-refractivity contribution in [3.05, 3.63) is 29.8 Å². The van der Waals surface area contributed by atoms with Crippen molar-refractivity contribution in [1.29, 1.82) is 0 Å². The topological polar surface area (TPSA) is 483 Å². The van der Waals surface area contributed by atoms with Crippen LogP contribution in [0.4, 0.5) is 0 Å². The summed E-state index contributed by atoms with van der Waals surface area (Å²) in [6.07, 6.45) is -4.31. The lowest BCUT2D eigenvalue weighted by Crippen LogP contribution is -2.62. The van der Waals surface area contributed by atoms with Crippen LogP contribution in [0, 0.1) is 23.7 Å². The number of phenols is 1. The number of rotatable bonds is 37. The first-order valence-electron chi connectivity index (χ1n) is 26.7. The van der Waals surface area contributed by atoms with Crippen molar-refractivity contribution in [1.82, 2.24) is 47.9 Å². The average Bonchev–Trinajstić information content (AvgIpc) is 3.44. The normalized spacial score (nSPS) is 16.0. The average molecular weight is 1180 g/mol. The van der Waals surface area contributed by atoms with Gasteiger partial charge in [-0.15, -0.1) is 0 Å². The molecule has 0 aliphatic rings. The summed E-state index contributed by atoms with van der Waals surface area (Å²) in [6.45, 7) is 14.3. The molecule has 0 heterocycles. The molecule has 460 valence electrons. The number of aliphatic hydroxyl groups excluding tert-OH is 1. The van der Waals surface area contributed by atoms with Crippen LogP contribution in [-0.4, -0.2) is 175 Å². The predicted octanol–water partition coefficient (Wildman–Crippen LogP) is -2.97. The van der Waals surface area contributed by atoms with E-state index in [1.165, 1.54) is 45.0 Å². The van der Waals surface area contributed by atoms with Crippen molar-refractivity contribution >= 4 is 89.6 Å². The van der Waals surface area contributed by atoms with Gasteiger partial charge in [-0.1, -0.05) is 80.4 Å². The number of thiol groups is 1. The molecule has 0 fully saturated rings. The van der Waals surface area contributed by atoms with E-state index in [9.17, 15) is 87.9 Å². The van der Waals surface area contributed by atoms with Crippen molar-refractivity contribution in [2.24, 2.45) is 35.1 Å². The molecule has 1 aromatic rings. The largest absolute Gasteiger partial charge is 0.508 e. The molecule has 29 nitrogen and oxygen atoms in total. The highest BCUT2D eigenvalue weighted by molar-refractivity contribution is 7.80. The number of aliphatic hydroxyl groups is 1. The van der Waals surface area contributed by atoms with E-state index < -0.39 is 187 Å². The number of primary amides is 1. The first-order chi connectivity index (χ1) is 38.2. The van der Waals surface area contributed by atoms with E-state index in [0.29, 0.717) is 18.4 Å². The lowest BCUT2D eigenvalue weighted by molar-refractivity contribution is -0.145. The second-order valence-electron chi connectivity index (χ2n) is 20.8. The minimum absolute atomic E-state index is 0.0856. The molecular formula is C52H83N11O18S. The van der Waals surface area contributed by atoms with Gasteiger partial charge in [0.2, 0.25) is 59.1 Å². The van der Waals surface area contributed by atoms with Crippen molar-refractivity contribution < 1.29 is 87.9 Å². The van der Waals surface area contributed by atoms with Crippen LogP contribution in [0.2, 0.25) is 0 Å². The zero-order valence-corrected chi connectivity index (χ0v) is 48.4. The van der Waals surface area contributed by atoms with Gasteiger partial charge >= 0.3 is 17.9 Å². The van der Waals surface area contributed by atoms with Crippen LogP contribution >= 0.6 is 12.6 Å². The molecule has 0 bridgehead atoms. The SMILES string of the molecule is CC[C@H](C)[C@H](N)C(=O)N[C@H](C(=O)N[C@H](C(=O)N[C@@H](CS)C(=O)N[C@@H](CCC(N)=O)C(=O)N[C@@H](Cc1ccc(O)cc1)C(=O)N[C@H](C(=O)N[C@@H](CC(=O)O)C(=O)N[C@@H](CC(=O)O)C(=O)N[C@@H](CC(C)C)C(=O)O)C(C)C)[C@@H](C)CC)[C@@H](C)O. The molecule has 0 aliphatic heterocycles. The Hall–Kier alpha value is -7.60. The third-order valence-electron chi connectivity index (χ3n) is 13.1. The second kappa shape index (κ2) is 35.3. The van der Waals surface area contributed by atoms with Gasteiger partial charge in [0.15, 0.2) is 0 Å². The number of carbonyl (C=O) groups is 13. The maximum absolute atomic E-state index is 14.3. The maximum Gasteiger partial charge on any atom is 0.326 e. The van der Waals surface area contributed by atoms with Crippen LogP contribution in [-0.2, 0) is 68.7 Å². The first kappa shape index (κ1) is 72.4. The Kier molecular flexibility index (Phi) is 31.2. The number of carbonyl (C=O) groups excluding carboxylic acids is 10. The van der Waals surface area contributed by atoms with Gasteiger partial charge in [0.1, 0.15) is 60.1 Å². The number of hydrogen-bond donors (Lipinski definition) is 17. The van der Waals surface area contributed by atoms with Gasteiger partial charge in [0.05, 0.1) is 25.0 Å². The van der Waals surface area contributed by atoms with Crippen LogP contribution in [0.15, 0.2) is 24.3 Å². The molecule has 1 rings (SSSR count). The summed E-state index contributed by atoms with van der Waals surface area (Å²) in [5, 5.41) is 70.5. The molecule has 0 spiro atoms. The van der Waals surface area contributed by atoms with Gasteiger partial charge in [-0.05, 0) is 61.1 Å². The fourth-order valence-electron chi connectivity index (χ4n) is 7.80. The minimum atomic E-state index is -2.04. The predicted molar refractivity (Wildman–Crippen MR) is 296 cm³/mol. The number of nitrogens with two attached hydrogens (primary N) is 2. The summed E-state index contributed by atoms with van der Waals surface area (Å²) >= 11 is 4.22. The van der Waals surface area contributed by atoms with Crippen LogP contribution < -0.4 is 59.3 Å². The van der Waals surface area contributed by atoms with E-state index >= 15 is 0 Å². The molecule has 10 amide bonds. The lowest BCUT2D eigenvalue weighted by Gasteiger charge is -2.30. The molecule has 30 heteroatoms. The Labute approximate surface area is 480 Å². The molecule has 0 saturated carbocycles. The van der Waals surface area contributed by atoms with Crippen LogP contribution in [0.25, 0.3) is 0 Å². The minimum Gasteiger partial charge on any atom is -0.508 e. The molecule has 0 saturated heterocycles. The molecule has 82 heavy (non-hydrogen) atoms. The Morgan fingerprint density at radius 3 is 1.37 bits per heavy atom. The number of phenolic OH excluding ortho intramolecular Hbond substituents is 1. The number of hydrogen-bond acceptors (Lipinski definition) is 17. The van der Waals surface area contributed by atoms with Crippen molar-refractivity contribution in [2.45, 2.75) is 180 Å². The lowest BCUT2D eigenvalue weighted by atomic mass is 9.96. The fourth-order valence-corrected chi connectivity index (χ4v) is 8.06. The molecule has 0 radical (unpaired) electrons. The number of benzene rings is 1. The third kappa shape index (κ3) is 25.0. The van der Waals surface area contributed by atoms with E-state index in [1.54, 1.807) is 34.6 Å². The number of aliphatic carboxylic acids is 3. The van der Waals surface area contributed by atoms with Gasteiger partial charge in [0, 0.05) is 18.6 Å². The number of nitrogens with one attached hydrogen (secondary N) is 9. The molecule has 1 aromatic carbocycles. The van der Waals surface area contributed by atoms with Crippen LogP contribution in [0.5, 0.6) is 5.75 Å². The summed E-state index contributed by atoms with van der Waals surface area (Å²) in [5.74, 6) is -17.9. The Bertz CT molecular complexity index is 2410. The van der Waals surface area contributed by atoms with Gasteiger partial charge < -0.3 is 84.9 Å². The zero-order valence-electron chi connectivity index (χ0n) is 47.5. The van der Waals surface area contributed by atoms with E-state index in [1.807, 2.05) is 6.92 Å². The Morgan fingerprint density at radius 1 is 0.512 bits per heavy atom. The number of aromatic hydroxyl groups is 1. The quantitative estimate of drug-likeness (QED) is 0.0296. The van der Waals surface area contributed by atoms with E-state index in [2.05, 4.69) is 60.5 Å². The Balaban J connectivity index is 3.60. The van der Waals surface area contributed by atoms with Crippen molar-refractivity contribution in [2.75, 3.05) is 5.75 Å². The maximum atomic E-state index is 14.3. The van der Waals surface area contributed by atoms with Gasteiger partial charge in [0.25, 0.3) is 0 Å². The van der Waals surface area contributed by atoms with Crippen molar-refractivity contribution in [3.8, 4) is 5.75 Å². The molecule has 18 N–H and O–H groups in total. The van der Waals surface area contributed by atoms with E-state index in [0.717, 1.165) is 0 Å². The van der Waals surface area contributed by atoms with Gasteiger partial charge in [-0.25, -0.2) is 4.79 Å². The standard InChI is InChI=1S/C52H83N11O18S/c1-10-25(7)39(54)48(76)63-42(27(9)64)51(79)62-41(26(8)11-2)50(78)60-35(22-82)47(75)55-30(16-17-36(53)66)43(71)56-31(19-28-12-14-29(65)15-13-28)46(74)61-40(24(5)6)49(77)58-33(21-38(69)70)44(72)57-32(20-37(67)68)45(73)59-34(52(80)81)18-23(3)4/h12-15,23-27,30-35,39-42,64-65,82H,10-11,16-22,54H2,1-9H3,(H2,53,66)(H,55,75)(H,56,71)(H,57,72)(H,58,77)(H,59,73)(H,60,78)(H,61,74)(H,62,79)(H,63,76)(H,67,68)(H,69,70)(H,80,81)/t25-,26-,27+,30-,31-,32-,33-,34-,35-,39-,40-,41-,42-/m0/s1. The summed E-state index contributed by atoms with van der Waals surface area (Å²) in [4.78, 5) is 171. The summed E-state index contributed by atoms with van der Waals surface area (Å²) in [6, 6.07) is -10.7. The highest BCUT2D eigenvalue weighted by Gasteiger charge is 2.38. The van der Waals surface area contributed by atoms with E-state index in [-0.39, 0.29) is 30.4 Å². The smallest absolute Gasteiger partial charge is 0.326 e.